The van der Waals surface area contributed by atoms with Crippen LogP contribution in [0.25, 0.3) is 0 Å². The normalized spacial score (nSPS) is 22.0. The first-order valence-electron chi connectivity index (χ1n) is 7.24. The quantitative estimate of drug-likeness (QED) is 0.733. The van der Waals surface area contributed by atoms with Crippen LogP contribution >= 0.6 is 0 Å². The molecule has 2 unspecified atom stereocenters. The van der Waals surface area contributed by atoms with E-state index in [4.69, 9.17) is 0 Å². The van der Waals surface area contributed by atoms with Crippen LogP contribution in [0.5, 0.6) is 0 Å². The van der Waals surface area contributed by atoms with E-state index in [9.17, 15) is 5.11 Å². The summed E-state index contributed by atoms with van der Waals surface area (Å²) in [5.41, 5.74) is 0.190. The van der Waals surface area contributed by atoms with Gasteiger partial charge < -0.3 is 15.3 Å². The van der Waals surface area contributed by atoms with Crippen LogP contribution < -0.4 is 5.32 Å². The van der Waals surface area contributed by atoms with Gasteiger partial charge in [0.05, 0.1) is 6.61 Å². The van der Waals surface area contributed by atoms with Crippen LogP contribution in [0.3, 0.4) is 0 Å². The van der Waals surface area contributed by atoms with Gasteiger partial charge in [0.25, 0.3) is 0 Å². The third kappa shape index (κ3) is 5.68. The fourth-order valence-electron chi connectivity index (χ4n) is 2.60. The zero-order valence-corrected chi connectivity index (χ0v) is 13.1. The maximum atomic E-state index is 9.64. The summed E-state index contributed by atoms with van der Waals surface area (Å²) in [6.07, 6.45) is 3.52. The van der Waals surface area contributed by atoms with Crippen LogP contribution in [0.4, 0.5) is 0 Å². The van der Waals surface area contributed by atoms with Gasteiger partial charge in [0.2, 0.25) is 0 Å². The van der Waals surface area contributed by atoms with Crippen molar-refractivity contribution in [2.24, 2.45) is 5.41 Å². The lowest BCUT2D eigenvalue weighted by atomic mass is 9.91. The number of nitrogens with one attached hydrogen (secondary N) is 1. The standard InChI is InChI=1S/C15H32N2O/c1-12(17(6)10-14(2,3)4)9-15(5,11-18)16-13-7-8-13/h12-13,16,18H,7-11H2,1-6H3. The molecule has 1 aliphatic rings. The molecule has 1 aliphatic carbocycles. The summed E-state index contributed by atoms with van der Waals surface area (Å²) in [5, 5.41) is 13.2. The predicted molar refractivity (Wildman–Crippen MR) is 77.8 cm³/mol. The minimum atomic E-state index is -0.132. The summed E-state index contributed by atoms with van der Waals surface area (Å²) in [4.78, 5) is 2.41. The summed E-state index contributed by atoms with van der Waals surface area (Å²) in [6, 6.07) is 1.12. The lowest BCUT2D eigenvalue weighted by Crippen LogP contribution is -2.51. The maximum Gasteiger partial charge on any atom is 0.0611 e. The Morgan fingerprint density at radius 2 is 1.83 bits per heavy atom. The Morgan fingerprint density at radius 1 is 1.28 bits per heavy atom. The number of nitrogens with zero attached hydrogens (tertiary/aromatic N) is 1. The van der Waals surface area contributed by atoms with Crippen LogP contribution in [-0.2, 0) is 0 Å². The first kappa shape index (κ1) is 15.9. The number of hydrogen-bond acceptors (Lipinski definition) is 3. The Hall–Kier alpha value is -0.120. The average Bonchev–Trinajstić information content (AvgIpc) is 2.98. The van der Waals surface area contributed by atoms with Crippen molar-refractivity contribution < 1.29 is 5.11 Å². The Bertz CT molecular complexity index is 258. The van der Waals surface area contributed by atoms with Crippen LogP contribution in [0.1, 0.15) is 53.9 Å². The van der Waals surface area contributed by atoms with Crippen molar-refractivity contribution >= 4 is 0 Å². The van der Waals surface area contributed by atoms with Crippen LogP contribution in [0, 0.1) is 5.41 Å². The molecule has 108 valence electrons. The molecule has 0 aromatic carbocycles. The summed E-state index contributed by atoms with van der Waals surface area (Å²) < 4.78 is 0. The van der Waals surface area contributed by atoms with Crippen molar-refractivity contribution in [1.82, 2.24) is 10.2 Å². The molecule has 3 heteroatoms. The molecule has 0 radical (unpaired) electrons. The van der Waals surface area contributed by atoms with Crippen molar-refractivity contribution in [3.8, 4) is 0 Å². The molecule has 0 aromatic rings. The minimum Gasteiger partial charge on any atom is -0.394 e. The van der Waals surface area contributed by atoms with Gasteiger partial charge in [-0.25, -0.2) is 0 Å². The number of aliphatic hydroxyl groups excluding tert-OH is 1. The van der Waals surface area contributed by atoms with Gasteiger partial charge in [-0.15, -0.1) is 0 Å². The molecule has 0 spiro atoms. The van der Waals surface area contributed by atoms with E-state index in [1.165, 1.54) is 12.8 Å². The molecule has 1 rings (SSSR count). The summed E-state index contributed by atoms with van der Waals surface area (Å²) in [7, 11) is 2.19. The van der Waals surface area contributed by atoms with Crippen LogP contribution in [-0.4, -0.2) is 47.8 Å². The van der Waals surface area contributed by atoms with Gasteiger partial charge in [-0.3, -0.25) is 0 Å². The second-order valence-electron chi connectivity index (χ2n) is 7.67. The van der Waals surface area contributed by atoms with Crippen molar-refractivity contribution in [3.63, 3.8) is 0 Å². The molecule has 2 N–H and O–H groups in total. The van der Waals surface area contributed by atoms with Crippen molar-refractivity contribution in [1.29, 1.82) is 0 Å². The molecule has 0 aliphatic heterocycles. The van der Waals surface area contributed by atoms with E-state index in [1.54, 1.807) is 0 Å². The number of hydrogen-bond donors (Lipinski definition) is 2. The fourth-order valence-corrected chi connectivity index (χ4v) is 2.60. The average molecular weight is 256 g/mol. The Kier molecular flexibility index (Phi) is 5.22. The van der Waals surface area contributed by atoms with E-state index >= 15 is 0 Å². The molecule has 18 heavy (non-hydrogen) atoms. The number of rotatable bonds is 7. The maximum absolute atomic E-state index is 9.64. The van der Waals surface area contributed by atoms with E-state index in [2.05, 4.69) is 51.9 Å². The lowest BCUT2D eigenvalue weighted by molar-refractivity contribution is 0.108. The largest absolute Gasteiger partial charge is 0.394 e. The van der Waals surface area contributed by atoms with Crippen molar-refractivity contribution in [2.45, 2.75) is 71.5 Å². The van der Waals surface area contributed by atoms with E-state index in [0.717, 1.165) is 13.0 Å². The Labute approximate surface area is 113 Å². The lowest BCUT2D eigenvalue weighted by Gasteiger charge is -2.37. The molecule has 0 aromatic heterocycles. The smallest absolute Gasteiger partial charge is 0.0611 e. The molecule has 1 fully saturated rings. The molecule has 0 amide bonds. The second kappa shape index (κ2) is 5.89. The van der Waals surface area contributed by atoms with E-state index in [0.29, 0.717) is 17.5 Å². The van der Waals surface area contributed by atoms with Gasteiger partial charge in [0, 0.05) is 24.2 Å². The van der Waals surface area contributed by atoms with E-state index in [-0.39, 0.29) is 12.1 Å². The topological polar surface area (TPSA) is 35.5 Å². The Morgan fingerprint density at radius 3 is 2.22 bits per heavy atom. The van der Waals surface area contributed by atoms with Gasteiger partial charge in [-0.1, -0.05) is 20.8 Å². The third-order valence-electron chi connectivity index (χ3n) is 3.70. The van der Waals surface area contributed by atoms with Crippen LogP contribution in [0.2, 0.25) is 0 Å². The predicted octanol–water partition coefficient (Wildman–Crippen LogP) is 2.25. The highest BCUT2D eigenvalue weighted by molar-refractivity contribution is 4.94. The van der Waals surface area contributed by atoms with E-state index in [1.807, 2.05) is 0 Å². The van der Waals surface area contributed by atoms with Gasteiger partial charge in [0.1, 0.15) is 0 Å². The third-order valence-corrected chi connectivity index (χ3v) is 3.70. The molecular formula is C15H32N2O. The SMILES string of the molecule is CC(CC(C)(CO)NC1CC1)N(C)CC(C)(C)C. The second-order valence-corrected chi connectivity index (χ2v) is 7.67. The molecule has 1 saturated carbocycles. The van der Waals surface area contributed by atoms with Gasteiger partial charge >= 0.3 is 0 Å². The highest BCUT2D eigenvalue weighted by atomic mass is 16.3. The minimum absolute atomic E-state index is 0.132. The van der Waals surface area contributed by atoms with Gasteiger partial charge in [0.15, 0.2) is 0 Å². The highest BCUT2D eigenvalue weighted by Gasteiger charge is 2.34. The molecule has 0 bridgehead atoms. The van der Waals surface area contributed by atoms with Crippen molar-refractivity contribution in [3.05, 3.63) is 0 Å². The molecule has 2 atom stereocenters. The zero-order chi connectivity index (χ0) is 14.0. The summed E-state index contributed by atoms with van der Waals surface area (Å²) >= 11 is 0. The fraction of sp³-hybridized carbons (Fsp3) is 1.00. The van der Waals surface area contributed by atoms with E-state index < -0.39 is 0 Å². The van der Waals surface area contributed by atoms with Crippen molar-refractivity contribution in [2.75, 3.05) is 20.2 Å². The van der Waals surface area contributed by atoms with Gasteiger partial charge in [-0.05, 0) is 45.6 Å². The first-order chi connectivity index (χ1) is 8.15. The molecule has 0 saturated heterocycles. The number of aliphatic hydroxyl groups is 1. The highest BCUT2D eigenvalue weighted by Crippen LogP contribution is 2.26. The van der Waals surface area contributed by atoms with Crippen LogP contribution in [0.15, 0.2) is 0 Å². The first-order valence-corrected chi connectivity index (χ1v) is 7.24. The zero-order valence-electron chi connectivity index (χ0n) is 13.1. The van der Waals surface area contributed by atoms with Gasteiger partial charge in [-0.2, -0.15) is 0 Å². The molecular weight excluding hydrogens is 224 g/mol. The summed E-state index contributed by atoms with van der Waals surface area (Å²) in [6.45, 7) is 12.5. The molecule has 0 heterocycles. The molecule has 3 nitrogen and oxygen atoms in total. The monoisotopic (exact) mass is 256 g/mol. The summed E-state index contributed by atoms with van der Waals surface area (Å²) in [5.74, 6) is 0. The Balaban J connectivity index is 2.46.